The summed E-state index contributed by atoms with van der Waals surface area (Å²) in [5, 5.41) is 13.0. The van der Waals surface area contributed by atoms with E-state index in [2.05, 4.69) is 34.2 Å². The summed E-state index contributed by atoms with van der Waals surface area (Å²) in [5.74, 6) is -1.12. The van der Waals surface area contributed by atoms with Crippen LogP contribution in [0.4, 0.5) is 5.69 Å². The van der Waals surface area contributed by atoms with Crippen LogP contribution in [0.25, 0.3) is 22.2 Å². The van der Waals surface area contributed by atoms with Gasteiger partial charge in [-0.2, -0.15) is 0 Å². The van der Waals surface area contributed by atoms with Crippen LogP contribution < -0.4 is 5.32 Å². The van der Waals surface area contributed by atoms with E-state index in [0.717, 1.165) is 59.0 Å². The maximum Gasteiger partial charge on any atom is 0.335 e. The molecule has 1 aliphatic carbocycles. The summed E-state index contributed by atoms with van der Waals surface area (Å²) >= 11 is 0. The molecular formula is C38H42N4O4. The van der Waals surface area contributed by atoms with E-state index in [0.29, 0.717) is 44.7 Å². The molecule has 1 saturated heterocycles. The quantitative estimate of drug-likeness (QED) is 0.205. The van der Waals surface area contributed by atoms with Gasteiger partial charge in [0.25, 0.3) is 5.91 Å². The van der Waals surface area contributed by atoms with Crippen molar-refractivity contribution in [1.82, 2.24) is 14.8 Å². The number of nitrogens with zero attached hydrogens (tertiary/aromatic N) is 3. The van der Waals surface area contributed by atoms with Gasteiger partial charge in [-0.3, -0.25) is 14.5 Å². The van der Waals surface area contributed by atoms with E-state index in [1.807, 2.05) is 42.5 Å². The molecule has 2 amide bonds. The number of para-hydroxylation sites is 1. The van der Waals surface area contributed by atoms with Crippen LogP contribution in [0, 0.1) is 5.92 Å². The number of hydrogen-bond acceptors (Lipinski definition) is 5. The molecule has 238 valence electrons. The van der Waals surface area contributed by atoms with Gasteiger partial charge in [-0.05, 0) is 76.0 Å². The third-order valence-corrected chi connectivity index (χ3v) is 9.61. The van der Waals surface area contributed by atoms with Gasteiger partial charge in [-0.15, -0.1) is 0 Å². The largest absolute Gasteiger partial charge is 0.478 e. The van der Waals surface area contributed by atoms with Gasteiger partial charge in [0.1, 0.15) is 0 Å². The van der Waals surface area contributed by atoms with Crippen LogP contribution in [0.2, 0.25) is 0 Å². The molecule has 0 spiro atoms. The molecule has 1 aromatic heterocycles. The molecule has 4 aromatic rings. The minimum atomic E-state index is -0.997. The zero-order valence-electron chi connectivity index (χ0n) is 26.5. The van der Waals surface area contributed by atoms with Crippen molar-refractivity contribution in [3.8, 4) is 11.3 Å². The Morgan fingerprint density at radius 3 is 2.22 bits per heavy atom. The van der Waals surface area contributed by atoms with Crippen molar-refractivity contribution in [3.63, 3.8) is 0 Å². The first-order valence-corrected chi connectivity index (χ1v) is 16.6. The Kier molecular flexibility index (Phi) is 9.73. The molecule has 1 aliphatic heterocycles. The van der Waals surface area contributed by atoms with E-state index < -0.39 is 5.97 Å². The summed E-state index contributed by atoms with van der Waals surface area (Å²) in [6.07, 6.45) is 7.01. The van der Waals surface area contributed by atoms with Gasteiger partial charge < -0.3 is 15.3 Å². The van der Waals surface area contributed by atoms with E-state index in [1.165, 1.54) is 18.6 Å². The topological polar surface area (TPSA) is 103 Å². The minimum absolute atomic E-state index is 0.0537. The van der Waals surface area contributed by atoms with Crippen molar-refractivity contribution in [3.05, 3.63) is 95.6 Å². The van der Waals surface area contributed by atoms with Gasteiger partial charge in [0, 0.05) is 47.2 Å². The Balaban J connectivity index is 1.28. The molecule has 2 heterocycles. The summed E-state index contributed by atoms with van der Waals surface area (Å²) in [7, 11) is 0. The lowest BCUT2D eigenvalue weighted by atomic mass is 9.91. The van der Waals surface area contributed by atoms with Crippen LogP contribution in [0.15, 0.2) is 78.9 Å². The predicted octanol–water partition coefficient (Wildman–Crippen LogP) is 7.25. The smallest absolute Gasteiger partial charge is 0.335 e. The zero-order chi connectivity index (χ0) is 32.0. The highest BCUT2D eigenvalue weighted by Gasteiger charge is 2.32. The van der Waals surface area contributed by atoms with Crippen molar-refractivity contribution in [1.29, 1.82) is 0 Å². The van der Waals surface area contributed by atoms with Gasteiger partial charge in [0.15, 0.2) is 0 Å². The number of anilines is 1. The van der Waals surface area contributed by atoms with Crippen LogP contribution in [0.5, 0.6) is 0 Å². The van der Waals surface area contributed by atoms with Crippen LogP contribution in [0.1, 0.15) is 78.1 Å². The van der Waals surface area contributed by atoms with E-state index in [-0.39, 0.29) is 29.3 Å². The highest BCUT2D eigenvalue weighted by Crippen LogP contribution is 2.35. The molecule has 3 aromatic carbocycles. The SMILES string of the molecule is CCN(C(=O)c1c(CN2CCC(C(=O)Nc3ccc(C(=O)O)cc3)CC2)c(-c2ccccc2)nc2ccccc12)C1CCCCC1. The third kappa shape index (κ3) is 6.82. The number of fused-ring (bicyclic) bond motifs is 1. The van der Waals surface area contributed by atoms with Crippen molar-refractivity contribution in [2.24, 2.45) is 5.92 Å². The molecule has 8 heteroatoms. The number of piperidine rings is 1. The molecule has 46 heavy (non-hydrogen) atoms. The number of nitrogens with one attached hydrogen (secondary N) is 1. The average molecular weight is 619 g/mol. The molecule has 6 rings (SSSR count). The van der Waals surface area contributed by atoms with Crippen molar-refractivity contribution in [2.75, 3.05) is 25.0 Å². The molecule has 2 N–H and O–H groups in total. The number of carbonyl (C=O) groups excluding carboxylic acids is 2. The first kappa shape index (κ1) is 31.4. The first-order valence-electron chi connectivity index (χ1n) is 16.6. The lowest BCUT2D eigenvalue weighted by Gasteiger charge is -2.36. The second-order valence-electron chi connectivity index (χ2n) is 12.5. The number of carboxylic acid groups (broad SMARTS) is 1. The lowest BCUT2D eigenvalue weighted by molar-refractivity contribution is -0.121. The molecular weight excluding hydrogens is 576 g/mol. The van der Waals surface area contributed by atoms with E-state index in [1.54, 1.807) is 12.1 Å². The summed E-state index contributed by atoms with van der Waals surface area (Å²) in [4.78, 5) is 48.6. The third-order valence-electron chi connectivity index (χ3n) is 9.61. The number of hydrogen-bond donors (Lipinski definition) is 2. The van der Waals surface area contributed by atoms with Crippen molar-refractivity contribution in [2.45, 2.75) is 64.5 Å². The number of pyridine rings is 1. The van der Waals surface area contributed by atoms with E-state index >= 15 is 0 Å². The van der Waals surface area contributed by atoms with Gasteiger partial charge >= 0.3 is 5.97 Å². The molecule has 0 radical (unpaired) electrons. The van der Waals surface area contributed by atoms with Gasteiger partial charge in [0.2, 0.25) is 5.91 Å². The molecule has 1 saturated carbocycles. The van der Waals surface area contributed by atoms with Gasteiger partial charge in [-0.1, -0.05) is 67.8 Å². The highest BCUT2D eigenvalue weighted by atomic mass is 16.4. The fraction of sp³-hybridized carbons (Fsp3) is 0.368. The summed E-state index contributed by atoms with van der Waals surface area (Å²) in [5.41, 5.74) is 5.12. The Morgan fingerprint density at radius 1 is 0.870 bits per heavy atom. The van der Waals surface area contributed by atoms with Crippen LogP contribution in [-0.2, 0) is 11.3 Å². The number of carbonyl (C=O) groups is 3. The maximum atomic E-state index is 14.7. The Morgan fingerprint density at radius 2 is 1.54 bits per heavy atom. The monoisotopic (exact) mass is 618 g/mol. The number of amides is 2. The standard InChI is InChI=1S/C38H42N4O4/c1-2-42(30-13-7-4-8-14-30)37(44)34-31-15-9-10-16-33(31)40-35(26-11-5-3-6-12-26)32(34)25-41-23-21-27(22-24-41)36(43)39-29-19-17-28(18-20-29)38(45)46/h3,5-6,9-12,15-20,27,30H,2,4,7-8,13-14,21-25H2,1H3,(H,39,43)(H,45,46). The number of benzene rings is 3. The second kappa shape index (κ2) is 14.3. The number of carboxylic acids is 1. The van der Waals surface area contributed by atoms with Crippen LogP contribution >= 0.6 is 0 Å². The minimum Gasteiger partial charge on any atom is -0.478 e. The van der Waals surface area contributed by atoms with E-state index in [9.17, 15) is 14.4 Å². The summed E-state index contributed by atoms with van der Waals surface area (Å²) in [6, 6.07) is 24.6. The van der Waals surface area contributed by atoms with Gasteiger partial charge in [-0.25, -0.2) is 9.78 Å². The normalized spacial score (nSPS) is 16.3. The average Bonchev–Trinajstić information content (AvgIpc) is 3.09. The molecule has 2 aliphatic rings. The summed E-state index contributed by atoms with van der Waals surface area (Å²) in [6.45, 7) is 4.75. The second-order valence-corrected chi connectivity index (χ2v) is 12.5. The molecule has 0 unspecified atom stereocenters. The molecule has 2 fully saturated rings. The highest BCUT2D eigenvalue weighted by molar-refractivity contribution is 6.09. The Labute approximate surface area is 270 Å². The van der Waals surface area contributed by atoms with E-state index in [4.69, 9.17) is 10.1 Å². The number of aromatic nitrogens is 1. The predicted molar refractivity (Wildman–Crippen MR) is 181 cm³/mol. The Hall–Kier alpha value is -4.56. The zero-order valence-corrected chi connectivity index (χ0v) is 26.5. The molecule has 0 atom stereocenters. The Bertz CT molecular complexity index is 1690. The number of likely N-dealkylation sites (tertiary alicyclic amines) is 1. The first-order chi connectivity index (χ1) is 22.4. The fourth-order valence-electron chi connectivity index (χ4n) is 7.11. The molecule has 0 bridgehead atoms. The summed E-state index contributed by atoms with van der Waals surface area (Å²) < 4.78 is 0. The molecule has 8 nitrogen and oxygen atoms in total. The van der Waals surface area contributed by atoms with Crippen LogP contribution in [0.3, 0.4) is 0 Å². The number of aromatic carboxylic acids is 1. The fourth-order valence-corrected chi connectivity index (χ4v) is 7.11. The van der Waals surface area contributed by atoms with Crippen molar-refractivity contribution < 1.29 is 19.5 Å². The van der Waals surface area contributed by atoms with Crippen molar-refractivity contribution >= 4 is 34.4 Å². The lowest BCUT2D eigenvalue weighted by Crippen LogP contribution is -2.42. The van der Waals surface area contributed by atoms with Crippen LogP contribution in [-0.4, -0.2) is 63.4 Å². The maximum absolute atomic E-state index is 14.7. The van der Waals surface area contributed by atoms with Gasteiger partial charge in [0.05, 0.1) is 22.3 Å². The number of rotatable bonds is 9.